The summed E-state index contributed by atoms with van der Waals surface area (Å²) in [6, 6.07) is 0.407. The number of ether oxygens (including phenoxy) is 1. The van der Waals surface area contributed by atoms with Crippen LogP contribution in [0.25, 0.3) is 0 Å². The molecular formula is C10H15N3O2. The molecule has 0 spiro atoms. The van der Waals surface area contributed by atoms with Crippen LogP contribution in [0.4, 0.5) is 0 Å². The smallest absolute Gasteiger partial charge is 0.377 e. The first-order valence-corrected chi connectivity index (χ1v) is 5.30. The third kappa shape index (κ3) is 2.16. The number of carbonyl (C=O) groups excluding carboxylic acids is 1. The number of methoxy groups -OCH3 is 1. The minimum Gasteiger partial charge on any atom is -0.463 e. The molecule has 0 saturated heterocycles. The summed E-state index contributed by atoms with van der Waals surface area (Å²) in [7, 11) is 1.34. The zero-order chi connectivity index (χ0) is 10.7. The standard InChI is InChI=1S/C10H15N3O2/c1-15-10(14)9-11-7-13(12-9)8-5-3-2-4-6-8/h7-8H,2-6H2,1H3. The van der Waals surface area contributed by atoms with Gasteiger partial charge in [-0.1, -0.05) is 19.3 Å². The van der Waals surface area contributed by atoms with E-state index in [0.717, 1.165) is 12.8 Å². The highest BCUT2D eigenvalue weighted by Crippen LogP contribution is 2.26. The number of aromatic nitrogens is 3. The maximum Gasteiger partial charge on any atom is 0.377 e. The lowest BCUT2D eigenvalue weighted by Gasteiger charge is -2.20. The third-order valence-corrected chi connectivity index (χ3v) is 2.83. The van der Waals surface area contributed by atoms with Crippen molar-refractivity contribution in [1.82, 2.24) is 14.8 Å². The van der Waals surface area contributed by atoms with Crippen molar-refractivity contribution >= 4 is 5.97 Å². The van der Waals surface area contributed by atoms with Gasteiger partial charge in [0.05, 0.1) is 13.2 Å². The monoisotopic (exact) mass is 209 g/mol. The second-order valence-corrected chi connectivity index (χ2v) is 3.83. The topological polar surface area (TPSA) is 57.0 Å². The molecule has 0 unspecified atom stereocenters. The molecule has 1 fully saturated rings. The maximum atomic E-state index is 11.1. The van der Waals surface area contributed by atoms with Gasteiger partial charge in [0.1, 0.15) is 6.33 Å². The van der Waals surface area contributed by atoms with E-state index in [1.807, 2.05) is 0 Å². The number of carbonyl (C=O) groups is 1. The van der Waals surface area contributed by atoms with E-state index >= 15 is 0 Å². The summed E-state index contributed by atoms with van der Waals surface area (Å²) < 4.78 is 6.36. The summed E-state index contributed by atoms with van der Waals surface area (Å²) in [5.41, 5.74) is 0. The third-order valence-electron chi connectivity index (χ3n) is 2.83. The Hall–Kier alpha value is -1.39. The molecule has 0 aliphatic heterocycles. The van der Waals surface area contributed by atoms with E-state index in [0.29, 0.717) is 6.04 Å². The minimum atomic E-state index is -0.468. The van der Waals surface area contributed by atoms with Gasteiger partial charge in [-0.2, -0.15) is 0 Å². The van der Waals surface area contributed by atoms with E-state index in [4.69, 9.17) is 0 Å². The molecule has 0 bridgehead atoms. The molecule has 1 heterocycles. The molecule has 1 aromatic rings. The van der Waals surface area contributed by atoms with Crippen LogP contribution in [-0.2, 0) is 4.74 Å². The van der Waals surface area contributed by atoms with Gasteiger partial charge < -0.3 is 4.74 Å². The largest absolute Gasteiger partial charge is 0.463 e. The molecule has 15 heavy (non-hydrogen) atoms. The van der Waals surface area contributed by atoms with Crippen molar-refractivity contribution in [3.63, 3.8) is 0 Å². The SMILES string of the molecule is COC(=O)c1ncn(C2CCCCC2)n1. The van der Waals surface area contributed by atoms with Gasteiger partial charge in [-0.25, -0.2) is 14.5 Å². The first-order chi connectivity index (χ1) is 7.31. The van der Waals surface area contributed by atoms with Crippen molar-refractivity contribution in [2.75, 3.05) is 7.11 Å². The van der Waals surface area contributed by atoms with Crippen LogP contribution in [0.1, 0.15) is 48.8 Å². The molecule has 5 nitrogen and oxygen atoms in total. The second kappa shape index (κ2) is 4.42. The van der Waals surface area contributed by atoms with Crippen molar-refractivity contribution in [3.8, 4) is 0 Å². The lowest BCUT2D eigenvalue weighted by molar-refractivity contribution is 0.0586. The molecule has 1 aliphatic rings. The maximum absolute atomic E-state index is 11.1. The van der Waals surface area contributed by atoms with Crippen LogP contribution in [0.2, 0.25) is 0 Å². The Morgan fingerprint density at radius 3 is 2.87 bits per heavy atom. The zero-order valence-electron chi connectivity index (χ0n) is 8.85. The van der Waals surface area contributed by atoms with Crippen LogP contribution < -0.4 is 0 Å². The van der Waals surface area contributed by atoms with Gasteiger partial charge in [0, 0.05) is 0 Å². The van der Waals surface area contributed by atoms with Gasteiger partial charge in [-0.15, -0.1) is 5.10 Å². The van der Waals surface area contributed by atoms with Gasteiger partial charge in [0.25, 0.3) is 5.82 Å². The predicted molar refractivity (Wildman–Crippen MR) is 53.5 cm³/mol. The Morgan fingerprint density at radius 2 is 2.20 bits per heavy atom. The van der Waals surface area contributed by atoms with Gasteiger partial charge in [-0.3, -0.25) is 0 Å². The fourth-order valence-electron chi connectivity index (χ4n) is 1.98. The Bertz CT molecular complexity index is 342. The quantitative estimate of drug-likeness (QED) is 0.694. The average Bonchev–Trinajstić information content (AvgIpc) is 2.78. The van der Waals surface area contributed by atoms with Crippen LogP contribution in [0.5, 0.6) is 0 Å². The van der Waals surface area contributed by atoms with E-state index in [2.05, 4.69) is 14.8 Å². The summed E-state index contributed by atoms with van der Waals surface area (Å²) in [4.78, 5) is 15.1. The van der Waals surface area contributed by atoms with Crippen LogP contribution in [-0.4, -0.2) is 27.8 Å². The highest BCUT2D eigenvalue weighted by Gasteiger charge is 2.18. The van der Waals surface area contributed by atoms with E-state index in [-0.39, 0.29) is 5.82 Å². The van der Waals surface area contributed by atoms with E-state index < -0.39 is 5.97 Å². The number of hydrogen-bond acceptors (Lipinski definition) is 4. The van der Waals surface area contributed by atoms with Crippen molar-refractivity contribution in [2.45, 2.75) is 38.1 Å². The Kier molecular flexibility index (Phi) is 2.99. The Balaban J connectivity index is 2.08. The van der Waals surface area contributed by atoms with Crippen molar-refractivity contribution in [2.24, 2.45) is 0 Å². The second-order valence-electron chi connectivity index (χ2n) is 3.83. The molecule has 0 amide bonds. The summed E-state index contributed by atoms with van der Waals surface area (Å²) >= 11 is 0. The summed E-state index contributed by atoms with van der Waals surface area (Å²) in [5, 5.41) is 4.14. The molecule has 0 aromatic carbocycles. The van der Waals surface area contributed by atoms with Crippen molar-refractivity contribution in [3.05, 3.63) is 12.2 Å². The molecule has 2 rings (SSSR count). The number of hydrogen-bond donors (Lipinski definition) is 0. The first-order valence-electron chi connectivity index (χ1n) is 5.30. The summed E-state index contributed by atoms with van der Waals surface area (Å²) in [6.45, 7) is 0. The van der Waals surface area contributed by atoms with Gasteiger partial charge >= 0.3 is 5.97 Å². The predicted octanol–water partition coefficient (Wildman–Crippen LogP) is 1.57. The van der Waals surface area contributed by atoms with Gasteiger partial charge in [0.15, 0.2) is 0 Å². The van der Waals surface area contributed by atoms with Crippen LogP contribution >= 0.6 is 0 Å². The molecule has 82 valence electrons. The number of nitrogens with zero attached hydrogens (tertiary/aromatic N) is 3. The van der Waals surface area contributed by atoms with Crippen LogP contribution in [0, 0.1) is 0 Å². The molecule has 1 aromatic heterocycles. The highest BCUT2D eigenvalue weighted by molar-refractivity contribution is 5.84. The van der Waals surface area contributed by atoms with Crippen molar-refractivity contribution in [1.29, 1.82) is 0 Å². The average molecular weight is 209 g/mol. The Morgan fingerprint density at radius 1 is 1.47 bits per heavy atom. The van der Waals surface area contributed by atoms with Gasteiger partial charge in [-0.05, 0) is 12.8 Å². The van der Waals surface area contributed by atoms with E-state index in [9.17, 15) is 4.79 Å². The molecular weight excluding hydrogens is 194 g/mol. The van der Waals surface area contributed by atoms with Crippen LogP contribution in [0.15, 0.2) is 6.33 Å². The van der Waals surface area contributed by atoms with Crippen molar-refractivity contribution < 1.29 is 9.53 Å². The lowest BCUT2D eigenvalue weighted by atomic mass is 9.96. The molecule has 1 saturated carbocycles. The molecule has 0 N–H and O–H groups in total. The van der Waals surface area contributed by atoms with E-state index in [1.165, 1.54) is 26.4 Å². The number of rotatable bonds is 2. The summed E-state index contributed by atoms with van der Waals surface area (Å²) in [6.07, 6.45) is 7.65. The molecule has 0 atom stereocenters. The van der Waals surface area contributed by atoms with Crippen LogP contribution in [0.3, 0.4) is 0 Å². The normalized spacial score (nSPS) is 17.7. The fourth-order valence-corrected chi connectivity index (χ4v) is 1.98. The van der Waals surface area contributed by atoms with E-state index in [1.54, 1.807) is 11.0 Å². The number of esters is 1. The Labute approximate surface area is 88.4 Å². The zero-order valence-corrected chi connectivity index (χ0v) is 8.85. The van der Waals surface area contributed by atoms with Gasteiger partial charge in [0.2, 0.25) is 0 Å². The summed E-state index contributed by atoms with van der Waals surface area (Å²) in [5.74, 6) is -0.312. The first kappa shape index (κ1) is 10.1. The highest BCUT2D eigenvalue weighted by atomic mass is 16.5. The molecule has 5 heteroatoms. The lowest BCUT2D eigenvalue weighted by Crippen LogP contribution is -2.14. The molecule has 1 aliphatic carbocycles. The fraction of sp³-hybridized carbons (Fsp3) is 0.700. The minimum absolute atomic E-state index is 0.156. The molecule has 0 radical (unpaired) electrons.